The smallest absolute Gasteiger partial charge is 0.0534 e. The Bertz CT molecular complexity index is 1300. The van der Waals surface area contributed by atoms with Gasteiger partial charge in [0.05, 0.1) is 5.69 Å². The first kappa shape index (κ1) is 17.1. The third kappa shape index (κ3) is 2.79. The highest BCUT2D eigenvalue weighted by Gasteiger charge is 2.21. The molecule has 0 saturated carbocycles. The van der Waals surface area contributed by atoms with Gasteiger partial charge in [-0.25, -0.2) is 0 Å². The highest BCUT2D eigenvalue weighted by Crippen LogP contribution is 2.41. The van der Waals surface area contributed by atoms with Gasteiger partial charge < -0.3 is 4.90 Å². The van der Waals surface area contributed by atoms with Crippen LogP contribution in [0.5, 0.6) is 0 Å². The summed E-state index contributed by atoms with van der Waals surface area (Å²) in [6.07, 6.45) is 18.4. The molecule has 2 aliphatic heterocycles. The summed E-state index contributed by atoms with van der Waals surface area (Å²) < 4.78 is 0. The lowest BCUT2D eigenvalue weighted by Crippen LogP contribution is -2.16. The summed E-state index contributed by atoms with van der Waals surface area (Å²) in [5.41, 5.74) is 11.6. The van der Waals surface area contributed by atoms with E-state index in [4.69, 9.17) is 0 Å². The summed E-state index contributed by atoms with van der Waals surface area (Å²) in [5, 5.41) is 0. The van der Waals surface area contributed by atoms with Crippen LogP contribution in [0.3, 0.4) is 0 Å². The van der Waals surface area contributed by atoms with Crippen molar-refractivity contribution < 1.29 is 0 Å². The average Bonchev–Trinajstić information content (AvgIpc) is 3.08. The molecule has 0 fully saturated rings. The Morgan fingerprint density at radius 1 is 0.700 bits per heavy atom. The first-order valence-electron chi connectivity index (χ1n) is 10.4. The Balaban J connectivity index is 1.61. The van der Waals surface area contributed by atoms with E-state index in [9.17, 15) is 0 Å². The van der Waals surface area contributed by atoms with Crippen molar-refractivity contribution in [1.29, 1.82) is 0 Å². The molecule has 0 saturated heterocycles. The molecule has 0 unspecified atom stereocenters. The van der Waals surface area contributed by atoms with E-state index in [1.807, 2.05) is 0 Å². The third-order valence-electron chi connectivity index (χ3n) is 6.06. The van der Waals surface area contributed by atoms with Crippen molar-refractivity contribution in [2.24, 2.45) is 0 Å². The predicted molar refractivity (Wildman–Crippen MR) is 128 cm³/mol. The second kappa shape index (κ2) is 6.89. The summed E-state index contributed by atoms with van der Waals surface area (Å²) >= 11 is 0. The van der Waals surface area contributed by atoms with Gasteiger partial charge in [-0.1, -0.05) is 78.9 Å². The molecule has 30 heavy (non-hydrogen) atoms. The van der Waals surface area contributed by atoms with E-state index in [1.54, 1.807) is 0 Å². The zero-order chi connectivity index (χ0) is 19.9. The summed E-state index contributed by atoms with van der Waals surface area (Å²) in [6, 6.07) is 24.3. The predicted octanol–water partition coefficient (Wildman–Crippen LogP) is 7.25. The van der Waals surface area contributed by atoms with Crippen LogP contribution >= 0.6 is 0 Å². The average molecular weight is 383 g/mol. The number of fused-ring (bicyclic) bond motifs is 6. The van der Waals surface area contributed by atoms with Crippen molar-refractivity contribution in [2.45, 2.75) is 6.42 Å². The molecule has 0 spiro atoms. The minimum absolute atomic E-state index is 0.937. The molecule has 0 N–H and O–H groups in total. The van der Waals surface area contributed by atoms with Gasteiger partial charge in [0.25, 0.3) is 0 Å². The standard InChI is InChI=1S/C29H21N/c1-2-9-21(10-3-1)24-17-22-11-4-5-15-27(22)28-19-23-12-8-14-26-13-6-7-16-30(26)29(23)20-25(28)18-24/h1-16,18-20H,17H2. The Hall–Kier alpha value is -3.84. The van der Waals surface area contributed by atoms with Crippen molar-refractivity contribution in [2.75, 3.05) is 4.90 Å². The van der Waals surface area contributed by atoms with Crippen molar-refractivity contribution in [3.63, 3.8) is 0 Å². The highest BCUT2D eigenvalue weighted by molar-refractivity contribution is 5.95. The van der Waals surface area contributed by atoms with Crippen molar-refractivity contribution in [3.05, 3.63) is 131 Å². The maximum atomic E-state index is 2.38. The number of nitrogens with zero attached hydrogens (tertiary/aromatic N) is 1. The second-order valence-electron chi connectivity index (χ2n) is 7.89. The Morgan fingerprint density at radius 3 is 2.50 bits per heavy atom. The molecule has 0 amide bonds. The van der Waals surface area contributed by atoms with Gasteiger partial charge in [-0.15, -0.1) is 0 Å². The topological polar surface area (TPSA) is 3.24 Å². The van der Waals surface area contributed by atoms with Gasteiger partial charge >= 0.3 is 0 Å². The number of hydrogen-bond donors (Lipinski definition) is 0. The molecule has 1 nitrogen and oxygen atoms in total. The SMILES string of the molecule is C1=CC2=CC=Cc3cc4c(cc3N2C=C1)C=C(c1ccccc1)Cc1ccccc1-4. The van der Waals surface area contributed by atoms with Crippen LogP contribution in [0, 0.1) is 0 Å². The minimum Gasteiger partial charge on any atom is -0.317 e. The van der Waals surface area contributed by atoms with Crippen LogP contribution in [0.1, 0.15) is 22.3 Å². The Labute approximate surface area is 177 Å². The van der Waals surface area contributed by atoms with Gasteiger partial charge in [0.1, 0.15) is 0 Å². The summed E-state index contributed by atoms with van der Waals surface area (Å²) in [4.78, 5) is 2.28. The van der Waals surface area contributed by atoms with E-state index in [0.717, 1.165) is 6.42 Å². The van der Waals surface area contributed by atoms with E-state index in [-0.39, 0.29) is 0 Å². The largest absolute Gasteiger partial charge is 0.317 e. The number of rotatable bonds is 1. The molecule has 1 aliphatic carbocycles. The lowest BCUT2D eigenvalue weighted by atomic mass is 9.93. The molecule has 0 bridgehead atoms. The van der Waals surface area contributed by atoms with E-state index in [2.05, 4.69) is 120 Å². The Morgan fingerprint density at radius 2 is 1.57 bits per heavy atom. The lowest BCUT2D eigenvalue weighted by molar-refractivity contribution is 1.19. The van der Waals surface area contributed by atoms with Gasteiger partial charge in [0.15, 0.2) is 0 Å². The molecular weight excluding hydrogens is 362 g/mol. The molecule has 2 heterocycles. The minimum atomic E-state index is 0.937. The highest BCUT2D eigenvalue weighted by atomic mass is 15.1. The second-order valence-corrected chi connectivity index (χ2v) is 7.89. The number of hydrogen-bond acceptors (Lipinski definition) is 1. The molecular formula is C29H21N. The van der Waals surface area contributed by atoms with Gasteiger partial charge in [0.2, 0.25) is 0 Å². The van der Waals surface area contributed by atoms with Crippen LogP contribution in [-0.2, 0) is 6.42 Å². The van der Waals surface area contributed by atoms with Crippen molar-refractivity contribution in [3.8, 4) is 11.1 Å². The van der Waals surface area contributed by atoms with E-state index >= 15 is 0 Å². The van der Waals surface area contributed by atoms with Crippen molar-refractivity contribution >= 4 is 23.4 Å². The van der Waals surface area contributed by atoms with E-state index in [1.165, 1.54) is 50.3 Å². The fourth-order valence-electron chi connectivity index (χ4n) is 4.60. The first-order valence-corrected chi connectivity index (χ1v) is 10.4. The zero-order valence-electron chi connectivity index (χ0n) is 16.6. The fraction of sp³-hybridized carbons (Fsp3) is 0.0345. The van der Waals surface area contributed by atoms with Crippen LogP contribution in [0.4, 0.5) is 5.69 Å². The molecule has 1 heteroatoms. The van der Waals surface area contributed by atoms with E-state index < -0.39 is 0 Å². The van der Waals surface area contributed by atoms with Crippen LogP contribution in [-0.4, -0.2) is 0 Å². The monoisotopic (exact) mass is 383 g/mol. The molecule has 6 rings (SSSR count). The van der Waals surface area contributed by atoms with Crippen LogP contribution in [0.2, 0.25) is 0 Å². The summed E-state index contributed by atoms with van der Waals surface area (Å²) in [5.74, 6) is 0. The van der Waals surface area contributed by atoms with E-state index in [0.29, 0.717) is 0 Å². The van der Waals surface area contributed by atoms with Crippen LogP contribution in [0.25, 0.3) is 28.9 Å². The summed E-state index contributed by atoms with van der Waals surface area (Å²) in [7, 11) is 0. The molecule has 3 aliphatic rings. The number of allylic oxidation sites excluding steroid dienone is 6. The zero-order valence-corrected chi connectivity index (χ0v) is 16.6. The fourth-order valence-corrected chi connectivity index (χ4v) is 4.60. The maximum absolute atomic E-state index is 2.38. The number of anilines is 1. The molecule has 3 aromatic carbocycles. The summed E-state index contributed by atoms with van der Waals surface area (Å²) in [6.45, 7) is 0. The molecule has 0 atom stereocenters. The number of benzene rings is 3. The van der Waals surface area contributed by atoms with Crippen molar-refractivity contribution in [1.82, 2.24) is 0 Å². The maximum Gasteiger partial charge on any atom is 0.0534 e. The molecule has 3 aromatic rings. The molecule has 142 valence electrons. The van der Waals surface area contributed by atoms with Gasteiger partial charge in [-0.2, -0.15) is 0 Å². The quantitative estimate of drug-likeness (QED) is 0.428. The lowest BCUT2D eigenvalue weighted by Gasteiger charge is -2.25. The molecule has 0 radical (unpaired) electrons. The van der Waals surface area contributed by atoms with Gasteiger partial charge in [-0.3, -0.25) is 0 Å². The normalized spacial score (nSPS) is 15.8. The van der Waals surface area contributed by atoms with Gasteiger partial charge in [0, 0.05) is 11.9 Å². The first-order chi connectivity index (χ1) is 14.9. The molecule has 0 aromatic heterocycles. The van der Waals surface area contributed by atoms with Crippen LogP contribution in [0.15, 0.2) is 109 Å². The van der Waals surface area contributed by atoms with Crippen LogP contribution < -0.4 is 4.90 Å². The Kier molecular flexibility index (Phi) is 3.92. The third-order valence-corrected chi connectivity index (χ3v) is 6.06. The van der Waals surface area contributed by atoms with Gasteiger partial charge in [-0.05, 0) is 75.7 Å².